The van der Waals surface area contributed by atoms with Crippen LogP contribution in [0.1, 0.15) is 49.6 Å². The molecule has 3 rings (SSSR count). The first-order chi connectivity index (χ1) is 8.84. The minimum Gasteiger partial charge on any atom is -0.327 e. The molecular weight excluding hydrogens is 220 g/mol. The van der Waals surface area contributed by atoms with Gasteiger partial charge in [0.15, 0.2) is 0 Å². The van der Waals surface area contributed by atoms with Crippen molar-refractivity contribution in [2.24, 2.45) is 0 Å². The summed E-state index contributed by atoms with van der Waals surface area (Å²) in [6.07, 6.45) is 7.64. The molecule has 1 aliphatic heterocycles. The van der Waals surface area contributed by atoms with Crippen molar-refractivity contribution < 1.29 is 0 Å². The predicted octanol–water partition coefficient (Wildman–Crippen LogP) is 4.14. The predicted molar refractivity (Wildman–Crippen MR) is 75.8 cm³/mol. The Morgan fingerprint density at radius 2 is 1.89 bits per heavy atom. The van der Waals surface area contributed by atoms with Gasteiger partial charge in [-0.25, -0.2) is 4.98 Å². The molecule has 96 valence electrons. The maximum atomic E-state index is 4.26. The molecule has 2 heterocycles. The third-order valence-electron chi connectivity index (χ3n) is 3.45. The SMILES string of the molecule is CC.Cc1ccc(C2CCCc3cncn32)cc1. The van der Waals surface area contributed by atoms with Crippen LogP contribution in [0.25, 0.3) is 0 Å². The summed E-state index contributed by atoms with van der Waals surface area (Å²) in [5.41, 5.74) is 4.10. The van der Waals surface area contributed by atoms with E-state index in [-0.39, 0.29) is 0 Å². The topological polar surface area (TPSA) is 17.8 Å². The molecule has 2 aromatic rings. The van der Waals surface area contributed by atoms with Crippen LogP contribution in [-0.4, -0.2) is 9.55 Å². The van der Waals surface area contributed by atoms with Gasteiger partial charge in [0.05, 0.1) is 12.4 Å². The number of imidazole rings is 1. The molecule has 0 bridgehead atoms. The highest BCUT2D eigenvalue weighted by Crippen LogP contribution is 2.30. The van der Waals surface area contributed by atoms with Gasteiger partial charge in [0.1, 0.15) is 0 Å². The smallest absolute Gasteiger partial charge is 0.0953 e. The number of aryl methyl sites for hydroxylation is 2. The van der Waals surface area contributed by atoms with E-state index >= 15 is 0 Å². The van der Waals surface area contributed by atoms with Crippen molar-refractivity contribution >= 4 is 0 Å². The highest BCUT2D eigenvalue weighted by molar-refractivity contribution is 5.26. The van der Waals surface area contributed by atoms with Crippen LogP contribution in [0, 0.1) is 6.92 Å². The monoisotopic (exact) mass is 242 g/mol. The maximum Gasteiger partial charge on any atom is 0.0953 e. The molecule has 1 aromatic carbocycles. The van der Waals surface area contributed by atoms with Crippen molar-refractivity contribution in [1.29, 1.82) is 0 Å². The van der Waals surface area contributed by atoms with E-state index in [1.807, 2.05) is 26.4 Å². The number of rotatable bonds is 1. The summed E-state index contributed by atoms with van der Waals surface area (Å²) in [5, 5.41) is 0. The number of fused-ring (bicyclic) bond motifs is 1. The average molecular weight is 242 g/mol. The fraction of sp³-hybridized carbons (Fsp3) is 0.438. The van der Waals surface area contributed by atoms with Gasteiger partial charge in [0, 0.05) is 11.9 Å². The standard InChI is InChI=1S/C14H16N2.C2H6/c1-11-5-7-12(8-6-11)14-4-2-3-13-9-15-10-16(13)14;1-2/h5-10,14H,2-4H2,1H3;1-2H3. The van der Waals surface area contributed by atoms with E-state index in [0.29, 0.717) is 6.04 Å². The van der Waals surface area contributed by atoms with E-state index in [9.17, 15) is 0 Å². The van der Waals surface area contributed by atoms with Crippen LogP contribution in [0.3, 0.4) is 0 Å². The Hall–Kier alpha value is -1.57. The Morgan fingerprint density at radius 3 is 2.61 bits per heavy atom. The lowest BCUT2D eigenvalue weighted by Crippen LogP contribution is -2.17. The zero-order valence-corrected chi connectivity index (χ0v) is 11.6. The van der Waals surface area contributed by atoms with Gasteiger partial charge in [-0.3, -0.25) is 0 Å². The van der Waals surface area contributed by atoms with Crippen LogP contribution in [0.15, 0.2) is 36.8 Å². The lowest BCUT2D eigenvalue weighted by Gasteiger charge is -2.25. The van der Waals surface area contributed by atoms with E-state index in [1.54, 1.807) is 0 Å². The second-order valence-corrected chi connectivity index (χ2v) is 4.61. The van der Waals surface area contributed by atoms with Crippen LogP contribution < -0.4 is 0 Å². The summed E-state index contributed by atoms with van der Waals surface area (Å²) < 4.78 is 2.33. The van der Waals surface area contributed by atoms with Gasteiger partial charge in [-0.05, 0) is 31.7 Å². The first-order valence-electron chi connectivity index (χ1n) is 6.92. The molecule has 0 spiro atoms. The molecule has 0 fully saturated rings. The van der Waals surface area contributed by atoms with Crippen LogP contribution in [0.5, 0.6) is 0 Å². The number of hydrogen-bond acceptors (Lipinski definition) is 1. The molecule has 0 radical (unpaired) electrons. The fourth-order valence-electron chi connectivity index (χ4n) is 2.54. The van der Waals surface area contributed by atoms with Crippen LogP contribution in [-0.2, 0) is 6.42 Å². The zero-order valence-electron chi connectivity index (χ0n) is 11.6. The van der Waals surface area contributed by atoms with Gasteiger partial charge in [0.2, 0.25) is 0 Å². The molecule has 1 aromatic heterocycles. The minimum absolute atomic E-state index is 0.492. The summed E-state index contributed by atoms with van der Waals surface area (Å²) in [6, 6.07) is 9.37. The highest BCUT2D eigenvalue weighted by atomic mass is 15.1. The third-order valence-corrected chi connectivity index (χ3v) is 3.45. The van der Waals surface area contributed by atoms with E-state index < -0.39 is 0 Å². The third kappa shape index (κ3) is 2.47. The highest BCUT2D eigenvalue weighted by Gasteiger charge is 2.20. The summed E-state index contributed by atoms with van der Waals surface area (Å²) >= 11 is 0. The maximum absolute atomic E-state index is 4.26. The van der Waals surface area contributed by atoms with Crippen molar-refractivity contribution in [3.05, 3.63) is 53.6 Å². The summed E-state index contributed by atoms with van der Waals surface area (Å²) in [4.78, 5) is 4.26. The molecule has 1 aliphatic rings. The second kappa shape index (κ2) is 5.85. The molecule has 1 unspecified atom stereocenters. The van der Waals surface area contributed by atoms with Crippen LogP contribution >= 0.6 is 0 Å². The largest absolute Gasteiger partial charge is 0.327 e. The van der Waals surface area contributed by atoms with Crippen molar-refractivity contribution in [1.82, 2.24) is 9.55 Å². The molecular formula is C16H22N2. The number of nitrogens with zero attached hydrogens (tertiary/aromatic N) is 2. The second-order valence-electron chi connectivity index (χ2n) is 4.61. The lowest BCUT2D eigenvalue weighted by molar-refractivity contribution is 0.458. The molecule has 2 nitrogen and oxygen atoms in total. The molecule has 2 heteroatoms. The van der Waals surface area contributed by atoms with E-state index in [4.69, 9.17) is 0 Å². The van der Waals surface area contributed by atoms with Crippen molar-refractivity contribution in [3.63, 3.8) is 0 Å². The van der Waals surface area contributed by atoms with Gasteiger partial charge in [-0.2, -0.15) is 0 Å². The average Bonchev–Trinajstić information content (AvgIpc) is 2.90. The van der Waals surface area contributed by atoms with Crippen molar-refractivity contribution in [2.45, 2.75) is 46.1 Å². The van der Waals surface area contributed by atoms with E-state index in [1.165, 1.54) is 36.1 Å². The van der Waals surface area contributed by atoms with Gasteiger partial charge >= 0.3 is 0 Å². The fourth-order valence-corrected chi connectivity index (χ4v) is 2.54. The Labute approximate surface area is 110 Å². The molecule has 0 amide bonds. The molecule has 0 aliphatic carbocycles. The Balaban J connectivity index is 0.000000574. The van der Waals surface area contributed by atoms with E-state index in [2.05, 4.69) is 40.7 Å². The van der Waals surface area contributed by atoms with Gasteiger partial charge in [-0.1, -0.05) is 43.7 Å². The first-order valence-corrected chi connectivity index (χ1v) is 6.92. The van der Waals surface area contributed by atoms with Crippen molar-refractivity contribution in [2.75, 3.05) is 0 Å². The summed E-state index contributed by atoms with van der Waals surface area (Å²) in [6.45, 7) is 6.13. The zero-order chi connectivity index (χ0) is 13.0. The van der Waals surface area contributed by atoms with Gasteiger partial charge < -0.3 is 4.57 Å². The number of aromatic nitrogens is 2. The van der Waals surface area contributed by atoms with Crippen molar-refractivity contribution in [3.8, 4) is 0 Å². The van der Waals surface area contributed by atoms with E-state index in [0.717, 1.165) is 0 Å². The first kappa shape index (κ1) is 12.9. The molecule has 0 saturated heterocycles. The Bertz CT molecular complexity index is 482. The van der Waals surface area contributed by atoms with Crippen LogP contribution in [0.2, 0.25) is 0 Å². The molecule has 1 atom stereocenters. The molecule has 0 saturated carbocycles. The molecule has 18 heavy (non-hydrogen) atoms. The Kier molecular flexibility index (Phi) is 4.19. The van der Waals surface area contributed by atoms with Gasteiger partial charge in [-0.15, -0.1) is 0 Å². The number of benzene rings is 1. The molecule has 0 N–H and O–H groups in total. The summed E-state index contributed by atoms with van der Waals surface area (Å²) in [5.74, 6) is 0. The lowest BCUT2D eigenvalue weighted by atomic mass is 9.96. The summed E-state index contributed by atoms with van der Waals surface area (Å²) in [7, 11) is 0. The van der Waals surface area contributed by atoms with Gasteiger partial charge in [0.25, 0.3) is 0 Å². The normalized spacial score (nSPS) is 17.6. The van der Waals surface area contributed by atoms with Crippen LogP contribution in [0.4, 0.5) is 0 Å². The quantitative estimate of drug-likeness (QED) is 0.734. The number of hydrogen-bond donors (Lipinski definition) is 0. The minimum atomic E-state index is 0.492. The Morgan fingerprint density at radius 1 is 1.17 bits per heavy atom.